The molecule has 2 aromatic rings. The van der Waals surface area contributed by atoms with Crippen LogP contribution in [0, 0.1) is 0 Å². The Morgan fingerprint density at radius 2 is 1.97 bits per heavy atom. The van der Waals surface area contributed by atoms with Crippen molar-refractivity contribution in [2.75, 3.05) is 37.4 Å². The van der Waals surface area contributed by atoms with Crippen molar-refractivity contribution in [2.45, 2.75) is 13.1 Å². The van der Waals surface area contributed by atoms with E-state index in [1.165, 1.54) is 19.2 Å². The average molecular weight is 413 g/mol. The number of aromatic nitrogens is 2. The number of carbonyl (C=O) groups is 1. The largest absolute Gasteiger partial charge is 0.484 e. The Morgan fingerprint density at radius 1 is 1.24 bits per heavy atom. The maximum atomic E-state index is 13.0. The van der Waals surface area contributed by atoms with E-state index in [9.17, 15) is 18.0 Å². The number of rotatable bonds is 5. The van der Waals surface area contributed by atoms with Gasteiger partial charge in [0.1, 0.15) is 24.6 Å². The summed E-state index contributed by atoms with van der Waals surface area (Å²) in [5.41, 5.74) is -0.650. The van der Waals surface area contributed by atoms with Crippen LogP contribution < -0.4 is 30.2 Å². The van der Waals surface area contributed by atoms with Crippen molar-refractivity contribution in [1.29, 1.82) is 0 Å². The second-order valence-electron chi connectivity index (χ2n) is 5.71. The summed E-state index contributed by atoms with van der Waals surface area (Å²) in [7, 11) is 1.33. The van der Waals surface area contributed by atoms with Gasteiger partial charge in [0, 0.05) is 19.8 Å². The van der Waals surface area contributed by atoms with Gasteiger partial charge in [-0.15, -0.1) is 0 Å². The molecular weight excluding hydrogens is 395 g/mol. The zero-order chi connectivity index (χ0) is 21.0. The molecule has 0 saturated carbocycles. The van der Waals surface area contributed by atoms with Gasteiger partial charge in [-0.1, -0.05) is 0 Å². The molecule has 0 aliphatic carbocycles. The molecule has 0 atom stereocenters. The molecule has 9 nitrogen and oxygen atoms in total. The second kappa shape index (κ2) is 8.29. The molecule has 0 unspecified atom stereocenters. The standard InChI is InChI=1S/C17H18F3N5O4/c1-3-22-16(26)29-11-5-4-10(12-13(11)28-7-6-27-12)24-15-23-8-9(17(18,19)20)14(21-2)25-15/h4-5,8H,3,6-7H2,1-2H3,(H,22,26)(H2,21,23,24,25). The van der Waals surface area contributed by atoms with Crippen molar-refractivity contribution in [3.05, 3.63) is 23.9 Å². The van der Waals surface area contributed by atoms with Gasteiger partial charge in [-0.25, -0.2) is 9.78 Å². The topological polar surface area (TPSA) is 107 Å². The second-order valence-corrected chi connectivity index (χ2v) is 5.71. The molecule has 0 bridgehead atoms. The molecule has 1 amide bonds. The van der Waals surface area contributed by atoms with Crippen LogP contribution in [0.5, 0.6) is 17.2 Å². The smallest absolute Gasteiger partial charge is 0.421 e. The lowest BCUT2D eigenvalue weighted by Crippen LogP contribution is -2.27. The van der Waals surface area contributed by atoms with Crippen molar-refractivity contribution in [3.8, 4) is 17.2 Å². The number of halogens is 3. The third kappa shape index (κ3) is 4.52. The summed E-state index contributed by atoms with van der Waals surface area (Å²) in [5.74, 6) is 0.0922. The molecule has 2 heterocycles. The molecule has 3 N–H and O–H groups in total. The van der Waals surface area contributed by atoms with Crippen LogP contribution in [-0.2, 0) is 6.18 Å². The summed E-state index contributed by atoms with van der Waals surface area (Å²) >= 11 is 0. The van der Waals surface area contributed by atoms with Crippen LogP contribution in [0.25, 0.3) is 0 Å². The predicted octanol–water partition coefficient (Wildman–Crippen LogP) is 3.16. The minimum Gasteiger partial charge on any atom is -0.484 e. The first-order chi connectivity index (χ1) is 13.8. The minimum atomic E-state index is -4.59. The summed E-state index contributed by atoms with van der Waals surface area (Å²) in [4.78, 5) is 19.3. The number of benzene rings is 1. The number of amides is 1. The highest BCUT2D eigenvalue weighted by atomic mass is 19.4. The van der Waals surface area contributed by atoms with Crippen LogP contribution in [0.1, 0.15) is 12.5 Å². The normalized spacial score (nSPS) is 12.9. The maximum Gasteiger partial charge on any atom is 0.421 e. The zero-order valence-electron chi connectivity index (χ0n) is 15.5. The van der Waals surface area contributed by atoms with Crippen LogP contribution >= 0.6 is 0 Å². The van der Waals surface area contributed by atoms with Crippen molar-refractivity contribution < 1.29 is 32.2 Å². The van der Waals surface area contributed by atoms with E-state index in [4.69, 9.17) is 14.2 Å². The van der Waals surface area contributed by atoms with Crippen LogP contribution in [0.3, 0.4) is 0 Å². The summed E-state index contributed by atoms with van der Waals surface area (Å²) in [6, 6.07) is 2.98. The Balaban J connectivity index is 1.91. The van der Waals surface area contributed by atoms with Crippen LogP contribution in [0.15, 0.2) is 18.3 Å². The average Bonchev–Trinajstić information content (AvgIpc) is 2.69. The van der Waals surface area contributed by atoms with Gasteiger partial charge in [0.15, 0.2) is 11.5 Å². The first kappa shape index (κ1) is 20.3. The fourth-order valence-electron chi connectivity index (χ4n) is 2.53. The van der Waals surface area contributed by atoms with E-state index in [1.54, 1.807) is 6.92 Å². The highest BCUT2D eigenvalue weighted by molar-refractivity contribution is 5.76. The molecule has 0 radical (unpaired) electrons. The third-order valence-corrected chi connectivity index (χ3v) is 3.75. The monoisotopic (exact) mass is 413 g/mol. The van der Waals surface area contributed by atoms with Gasteiger partial charge in [-0.3, -0.25) is 0 Å². The molecule has 1 aliphatic rings. The molecule has 0 spiro atoms. The van der Waals surface area contributed by atoms with Crippen molar-refractivity contribution in [3.63, 3.8) is 0 Å². The van der Waals surface area contributed by atoms with E-state index in [1.807, 2.05) is 0 Å². The van der Waals surface area contributed by atoms with Crippen LogP contribution in [0.2, 0.25) is 0 Å². The van der Waals surface area contributed by atoms with Gasteiger partial charge in [-0.2, -0.15) is 18.2 Å². The lowest BCUT2D eigenvalue weighted by Gasteiger charge is -2.23. The minimum absolute atomic E-state index is 0.0869. The van der Waals surface area contributed by atoms with Crippen molar-refractivity contribution in [1.82, 2.24) is 15.3 Å². The maximum absolute atomic E-state index is 13.0. The number of fused-ring (bicyclic) bond motifs is 1. The highest BCUT2D eigenvalue weighted by Crippen LogP contribution is 2.45. The molecule has 0 fully saturated rings. The number of nitrogens with zero attached hydrogens (tertiary/aromatic N) is 2. The molecule has 156 valence electrons. The van der Waals surface area contributed by atoms with E-state index in [-0.39, 0.29) is 42.2 Å². The first-order valence-corrected chi connectivity index (χ1v) is 8.60. The third-order valence-electron chi connectivity index (χ3n) is 3.75. The van der Waals surface area contributed by atoms with Crippen molar-refractivity contribution >= 4 is 23.5 Å². The Kier molecular flexibility index (Phi) is 5.80. The number of ether oxygens (including phenoxy) is 3. The van der Waals surface area contributed by atoms with Crippen LogP contribution in [0.4, 0.5) is 35.4 Å². The number of alkyl halides is 3. The fourth-order valence-corrected chi connectivity index (χ4v) is 2.53. The molecule has 1 aliphatic heterocycles. The van der Waals surface area contributed by atoms with Gasteiger partial charge in [-0.05, 0) is 19.1 Å². The van der Waals surface area contributed by atoms with E-state index in [0.717, 1.165) is 0 Å². The van der Waals surface area contributed by atoms with Gasteiger partial charge >= 0.3 is 12.3 Å². The molecular formula is C17H18F3N5O4. The summed E-state index contributed by atoms with van der Waals surface area (Å²) in [6.45, 7) is 2.61. The quantitative estimate of drug-likeness (QED) is 0.686. The Labute approximate surface area is 163 Å². The molecule has 1 aromatic heterocycles. The molecule has 1 aromatic carbocycles. The summed E-state index contributed by atoms with van der Waals surface area (Å²) in [6.07, 6.45) is -4.57. The SMILES string of the molecule is CCNC(=O)Oc1ccc(Nc2ncc(C(F)(F)F)c(NC)n2)c2c1OCCO2. The zero-order valence-corrected chi connectivity index (χ0v) is 15.5. The van der Waals surface area contributed by atoms with Crippen LogP contribution in [-0.4, -0.2) is 42.9 Å². The number of anilines is 3. The molecule has 29 heavy (non-hydrogen) atoms. The number of hydrogen-bond donors (Lipinski definition) is 3. The predicted molar refractivity (Wildman–Crippen MR) is 97.0 cm³/mol. The van der Waals surface area contributed by atoms with E-state index >= 15 is 0 Å². The fraction of sp³-hybridized carbons (Fsp3) is 0.353. The molecule has 12 heteroatoms. The van der Waals surface area contributed by atoms with Crippen molar-refractivity contribution in [2.24, 2.45) is 0 Å². The summed E-state index contributed by atoms with van der Waals surface area (Å²) < 4.78 is 55.3. The van der Waals surface area contributed by atoms with Gasteiger partial charge < -0.3 is 30.2 Å². The lowest BCUT2D eigenvalue weighted by molar-refractivity contribution is -0.137. The summed E-state index contributed by atoms with van der Waals surface area (Å²) in [5, 5.41) is 7.70. The van der Waals surface area contributed by atoms with Gasteiger partial charge in [0.25, 0.3) is 0 Å². The molecule has 0 saturated heterocycles. The first-order valence-electron chi connectivity index (χ1n) is 8.60. The van der Waals surface area contributed by atoms with E-state index in [0.29, 0.717) is 18.4 Å². The van der Waals surface area contributed by atoms with E-state index < -0.39 is 17.8 Å². The number of carbonyl (C=O) groups excluding carboxylic acids is 1. The number of nitrogens with one attached hydrogen (secondary N) is 3. The Hall–Kier alpha value is -3.44. The molecule has 3 rings (SSSR count). The Bertz CT molecular complexity index is 907. The number of hydrogen-bond acceptors (Lipinski definition) is 8. The Morgan fingerprint density at radius 3 is 2.62 bits per heavy atom. The lowest BCUT2D eigenvalue weighted by atomic mass is 10.2. The van der Waals surface area contributed by atoms with Gasteiger partial charge in [0.05, 0.1) is 5.69 Å². The van der Waals surface area contributed by atoms with Gasteiger partial charge in [0.2, 0.25) is 11.7 Å². The highest BCUT2D eigenvalue weighted by Gasteiger charge is 2.35. The van der Waals surface area contributed by atoms with E-state index in [2.05, 4.69) is 25.9 Å².